The molecule has 2 aliphatic carbocycles. The molecule has 3 atom stereocenters. The summed E-state index contributed by atoms with van der Waals surface area (Å²) in [6.45, 7) is 2.28. The maximum absolute atomic E-state index is 5.41. The molecule has 3 fully saturated rings. The second kappa shape index (κ2) is 3.78. The fourth-order valence-corrected chi connectivity index (χ4v) is 3.20. The molecule has 3 aliphatic rings. The Labute approximate surface area is 99.9 Å². The van der Waals surface area contributed by atoms with Gasteiger partial charge in [0.1, 0.15) is 0 Å². The molecule has 0 spiro atoms. The van der Waals surface area contributed by atoms with Gasteiger partial charge in [-0.25, -0.2) is 0 Å². The number of nitrogens with one attached hydrogen (secondary N) is 1. The topological polar surface area (TPSA) is 60.2 Å². The Morgan fingerprint density at radius 1 is 1.18 bits per heavy atom. The van der Waals surface area contributed by atoms with Crippen molar-refractivity contribution in [3.8, 4) is 0 Å². The zero-order valence-electron chi connectivity index (χ0n) is 9.76. The molecule has 4 rings (SSSR count). The van der Waals surface area contributed by atoms with Gasteiger partial charge in [0, 0.05) is 12.5 Å². The predicted molar refractivity (Wildman–Crippen MR) is 59.4 cm³/mol. The van der Waals surface area contributed by atoms with E-state index in [1.54, 1.807) is 0 Å². The van der Waals surface area contributed by atoms with Crippen molar-refractivity contribution < 1.29 is 9.26 Å². The minimum atomic E-state index is 0.109. The predicted octanol–water partition coefficient (Wildman–Crippen LogP) is 1.24. The molecule has 1 aromatic rings. The molecular formula is C12H17N3O2. The Hall–Kier alpha value is -0.940. The van der Waals surface area contributed by atoms with Crippen LogP contribution in [0, 0.1) is 11.8 Å². The monoisotopic (exact) mass is 235 g/mol. The van der Waals surface area contributed by atoms with Crippen molar-refractivity contribution in [2.24, 2.45) is 11.8 Å². The fourth-order valence-electron chi connectivity index (χ4n) is 3.20. The van der Waals surface area contributed by atoms with Crippen LogP contribution in [0.15, 0.2) is 4.52 Å². The second-order valence-corrected chi connectivity index (χ2v) is 5.50. The van der Waals surface area contributed by atoms with Gasteiger partial charge in [0.2, 0.25) is 5.89 Å². The highest BCUT2D eigenvalue weighted by molar-refractivity contribution is 5.07. The molecule has 0 amide bonds. The Balaban J connectivity index is 1.48. The van der Waals surface area contributed by atoms with Crippen LogP contribution in [0.1, 0.15) is 42.9 Å². The molecule has 1 saturated heterocycles. The van der Waals surface area contributed by atoms with E-state index >= 15 is 0 Å². The molecule has 1 N–H and O–H groups in total. The van der Waals surface area contributed by atoms with Crippen LogP contribution in [-0.2, 0) is 4.74 Å². The van der Waals surface area contributed by atoms with Gasteiger partial charge in [-0.15, -0.1) is 0 Å². The quantitative estimate of drug-likeness (QED) is 0.835. The lowest BCUT2D eigenvalue weighted by Crippen LogP contribution is -2.35. The number of hydrogen-bond donors (Lipinski definition) is 1. The molecule has 1 aliphatic heterocycles. The number of morpholine rings is 1. The lowest BCUT2D eigenvalue weighted by atomic mass is 10.0. The molecule has 5 nitrogen and oxygen atoms in total. The van der Waals surface area contributed by atoms with Crippen LogP contribution in [-0.4, -0.2) is 29.9 Å². The van der Waals surface area contributed by atoms with E-state index in [1.807, 2.05) is 0 Å². The fraction of sp³-hybridized carbons (Fsp3) is 0.833. The third kappa shape index (κ3) is 1.77. The first-order chi connectivity index (χ1) is 8.40. The van der Waals surface area contributed by atoms with Crippen molar-refractivity contribution >= 4 is 0 Å². The first-order valence-corrected chi connectivity index (χ1v) is 6.55. The van der Waals surface area contributed by atoms with E-state index in [0.717, 1.165) is 36.7 Å². The van der Waals surface area contributed by atoms with Gasteiger partial charge >= 0.3 is 0 Å². The highest BCUT2D eigenvalue weighted by Gasteiger charge is 2.48. The molecule has 2 saturated carbocycles. The average molecular weight is 235 g/mol. The molecular weight excluding hydrogens is 218 g/mol. The van der Waals surface area contributed by atoms with Crippen molar-refractivity contribution in [1.29, 1.82) is 0 Å². The van der Waals surface area contributed by atoms with E-state index in [4.69, 9.17) is 9.26 Å². The smallest absolute Gasteiger partial charge is 0.229 e. The number of fused-ring (bicyclic) bond motifs is 1. The van der Waals surface area contributed by atoms with E-state index < -0.39 is 0 Å². The first-order valence-electron chi connectivity index (χ1n) is 6.55. The summed E-state index contributed by atoms with van der Waals surface area (Å²) in [7, 11) is 0. The Kier molecular flexibility index (Phi) is 2.23. The minimum Gasteiger partial charge on any atom is -0.378 e. The highest BCUT2D eigenvalue weighted by atomic mass is 16.5. The summed E-state index contributed by atoms with van der Waals surface area (Å²) in [6.07, 6.45) is 3.93. The van der Waals surface area contributed by atoms with E-state index in [1.165, 1.54) is 19.3 Å². The van der Waals surface area contributed by atoms with Gasteiger partial charge in [-0.3, -0.25) is 0 Å². The lowest BCUT2D eigenvalue weighted by Gasteiger charge is -2.20. The largest absolute Gasteiger partial charge is 0.378 e. The van der Waals surface area contributed by atoms with Crippen LogP contribution in [0.4, 0.5) is 0 Å². The molecule has 0 radical (unpaired) electrons. The summed E-state index contributed by atoms with van der Waals surface area (Å²) in [5.41, 5.74) is 0. The van der Waals surface area contributed by atoms with Crippen molar-refractivity contribution in [3.05, 3.63) is 11.7 Å². The number of nitrogens with zero attached hydrogens (tertiary/aromatic N) is 2. The van der Waals surface area contributed by atoms with Gasteiger partial charge in [-0.2, -0.15) is 4.98 Å². The van der Waals surface area contributed by atoms with Gasteiger partial charge in [-0.1, -0.05) is 5.16 Å². The molecule has 3 unspecified atom stereocenters. The maximum Gasteiger partial charge on any atom is 0.229 e. The summed E-state index contributed by atoms with van der Waals surface area (Å²) in [5.74, 6) is 4.03. The van der Waals surface area contributed by atoms with Gasteiger partial charge in [0.05, 0.1) is 19.3 Å². The molecule has 92 valence electrons. The first kappa shape index (κ1) is 10.0. The summed E-state index contributed by atoms with van der Waals surface area (Å²) < 4.78 is 10.8. The van der Waals surface area contributed by atoms with E-state index in [0.29, 0.717) is 12.5 Å². The second-order valence-electron chi connectivity index (χ2n) is 5.50. The van der Waals surface area contributed by atoms with Crippen LogP contribution in [0.25, 0.3) is 0 Å². The Morgan fingerprint density at radius 3 is 2.82 bits per heavy atom. The molecule has 0 bridgehead atoms. The Morgan fingerprint density at radius 2 is 2.06 bits per heavy atom. The normalized spacial score (nSPS) is 40.2. The van der Waals surface area contributed by atoms with Crippen molar-refractivity contribution in [2.45, 2.75) is 31.2 Å². The molecule has 2 heterocycles. The van der Waals surface area contributed by atoms with Crippen molar-refractivity contribution in [3.63, 3.8) is 0 Å². The van der Waals surface area contributed by atoms with Crippen LogP contribution < -0.4 is 5.32 Å². The van der Waals surface area contributed by atoms with Crippen LogP contribution in [0.2, 0.25) is 0 Å². The van der Waals surface area contributed by atoms with E-state index in [2.05, 4.69) is 15.5 Å². The van der Waals surface area contributed by atoms with Crippen LogP contribution in [0.5, 0.6) is 0 Å². The Bertz CT molecular complexity index is 387. The van der Waals surface area contributed by atoms with E-state index in [9.17, 15) is 0 Å². The van der Waals surface area contributed by atoms with Crippen LogP contribution >= 0.6 is 0 Å². The number of ether oxygens (including phenoxy) is 1. The maximum atomic E-state index is 5.41. The summed E-state index contributed by atoms with van der Waals surface area (Å²) in [6, 6.07) is 0.109. The van der Waals surface area contributed by atoms with Gasteiger partial charge in [-0.05, 0) is 31.1 Å². The average Bonchev–Trinajstić information content (AvgIpc) is 2.85. The van der Waals surface area contributed by atoms with Gasteiger partial charge in [0.15, 0.2) is 5.82 Å². The summed E-state index contributed by atoms with van der Waals surface area (Å²) >= 11 is 0. The summed E-state index contributed by atoms with van der Waals surface area (Å²) in [5, 5.41) is 7.44. The zero-order valence-corrected chi connectivity index (χ0v) is 9.76. The lowest BCUT2D eigenvalue weighted by molar-refractivity contribution is 0.0734. The number of rotatable bonds is 2. The number of hydrogen-bond acceptors (Lipinski definition) is 5. The SMILES string of the molecule is C1COCC(c2noc(C3CC4CC4C3)n2)N1. The van der Waals surface area contributed by atoms with Gasteiger partial charge in [0.25, 0.3) is 0 Å². The third-order valence-electron chi connectivity index (χ3n) is 4.28. The number of aromatic nitrogens is 2. The highest BCUT2D eigenvalue weighted by Crippen LogP contribution is 2.57. The van der Waals surface area contributed by atoms with Crippen molar-refractivity contribution in [2.75, 3.05) is 19.8 Å². The van der Waals surface area contributed by atoms with Crippen molar-refractivity contribution in [1.82, 2.24) is 15.5 Å². The van der Waals surface area contributed by atoms with Crippen LogP contribution in [0.3, 0.4) is 0 Å². The van der Waals surface area contributed by atoms with Gasteiger partial charge < -0.3 is 14.6 Å². The standard InChI is InChI=1S/C12H17N3O2/c1-2-16-6-10(13-1)11-14-12(17-15-11)9-4-7-3-8(7)5-9/h7-10,13H,1-6H2. The molecule has 5 heteroatoms. The zero-order chi connectivity index (χ0) is 11.2. The third-order valence-corrected chi connectivity index (χ3v) is 4.28. The molecule has 1 aromatic heterocycles. The summed E-state index contributed by atoms with van der Waals surface area (Å²) in [4.78, 5) is 4.55. The minimum absolute atomic E-state index is 0.109. The molecule has 0 aromatic carbocycles. The molecule has 17 heavy (non-hydrogen) atoms. The van der Waals surface area contributed by atoms with E-state index in [-0.39, 0.29) is 6.04 Å².